The van der Waals surface area contributed by atoms with Gasteiger partial charge in [0.05, 0.1) is 34.2 Å². The molecule has 426 valence electrons. The number of rotatable bonds is 9. The molecule has 4 heterocycles. The first-order valence-electron chi connectivity index (χ1n) is 27.3. The fraction of sp³-hybridized carbons (Fsp3) is 0.614. The molecule has 3 unspecified atom stereocenters. The number of fused-ring (bicyclic) bond motifs is 3. The summed E-state index contributed by atoms with van der Waals surface area (Å²) in [7, 11) is 4.70. The third-order valence-electron chi connectivity index (χ3n) is 15.3. The number of esters is 1. The maximum Gasteiger partial charge on any atom is 0.311 e. The van der Waals surface area contributed by atoms with Gasteiger partial charge in [-0.3, -0.25) is 48.3 Å². The first kappa shape index (κ1) is 61.4. The van der Waals surface area contributed by atoms with Crippen LogP contribution in [0.4, 0.5) is 0 Å². The highest BCUT2D eigenvalue weighted by Gasteiger charge is 2.47. The number of hydrogen-bond acceptors (Lipinski definition) is 14. The fourth-order valence-corrected chi connectivity index (χ4v) is 12.8. The molecular formula is C57H81N9O10S2. The quantitative estimate of drug-likeness (QED) is 0.262. The third-order valence-corrected chi connectivity index (χ3v) is 17.9. The van der Waals surface area contributed by atoms with Crippen molar-refractivity contribution in [1.82, 2.24) is 35.6 Å². The zero-order chi connectivity index (χ0) is 57.3. The zero-order valence-corrected chi connectivity index (χ0v) is 48.9. The highest BCUT2D eigenvalue weighted by Crippen LogP contribution is 2.34. The molecule has 4 N–H and O–H groups in total. The van der Waals surface area contributed by atoms with E-state index in [9.17, 15) is 33.9 Å². The van der Waals surface area contributed by atoms with Crippen LogP contribution in [0.3, 0.4) is 0 Å². The molecule has 1 fully saturated rings. The predicted molar refractivity (Wildman–Crippen MR) is 303 cm³/mol. The second-order valence-corrected chi connectivity index (χ2v) is 24.3. The molecule has 7 amide bonds. The fourth-order valence-electron chi connectivity index (χ4n) is 10.3. The smallest absolute Gasteiger partial charge is 0.311 e. The van der Waals surface area contributed by atoms with E-state index in [1.165, 1.54) is 61.3 Å². The lowest BCUT2D eigenvalue weighted by molar-refractivity contribution is -0.166. The molecule has 2 aromatic rings. The van der Waals surface area contributed by atoms with E-state index in [-0.39, 0.29) is 48.6 Å². The number of benzene rings is 2. The van der Waals surface area contributed by atoms with Crippen LogP contribution in [0, 0.1) is 17.8 Å². The zero-order valence-electron chi connectivity index (χ0n) is 47.3. The van der Waals surface area contributed by atoms with Crippen molar-refractivity contribution in [3.8, 4) is 0 Å². The number of thioether (sulfide) groups is 2. The topological polar surface area (TPSA) is 240 Å². The molecule has 1 saturated heterocycles. The van der Waals surface area contributed by atoms with Crippen LogP contribution in [0.5, 0.6) is 0 Å². The van der Waals surface area contributed by atoms with Crippen molar-refractivity contribution in [3.63, 3.8) is 0 Å². The van der Waals surface area contributed by atoms with Crippen molar-refractivity contribution in [2.24, 2.45) is 27.7 Å². The van der Waals surface area contributed by atoms with Crippen molar-refractivity contribution < 1.29 is 48.2 Å². The van der Waals surface area contributed by atoms with Crippen LogP contribution in [0.1, 0.15) is 99.1 Å². The summed E-state index contributed by atoms with van der Waals surface area (Å²) >= 11 is 2.75. The number of amides is 7. The normalized spacial score (nSPS) is 30.3. The van der Waals surface area contributed by atoms with Gasteiger partial charge in [0.15, 0.2) is 6.10 Å². The van der Waals surface area contributed by atoms with Crippen molar-refractivity contribution in [2.45, 2.75) is 167 Å². The second-order valence-electron chi connectivity index (χ2n) is 22.2. The van der Waals surface area contributed by atoms with Gasteiger partial charge in [0.2, 0.25) is 35.4 Å². The maximum atomic E-state index is 15.0. The monoisotopic (exact) mass is 1120 g/mol. The first-order valence-corrected chi connectivity index (χ1v) is 29.3. The molecule has 6 rings (SSSR count). The Labute approximate surface area is 468 Å². The molecule has 0 aliphatic carbocycles. The van der Waals surface area contributed by atoms with Crippen molar-refractivity contribution in [2.75, 3.05) is 39.2 Å². The highest BCUT2D eigenvalue weighted by molar-refractivity contribution is 8.14. The van der Waals surface area contributed by atoms with Gasteiger partial charge in [-0.05, 0) is 82.8 Å². The molecule has 0 saturated carbocycles. The Balaban J connectivity index is 1.40. The molecule has 21 heteroatoms. The van der Waals surface area contributed by atoms with Gasteiger partial charge in [0.25, 0.3) is 5.91 Å². The Kier molecular flexibility index (Phi) is 21.2. The Morgan fingerprint density at radius 2 is 1.36 bits per heavy atom. The second kappa shape index (κ2) is 26.9. The SMILES string of the molecule is CC[C@H]1NC(=O)[C@@]2(C)CSC(=N2)C(Cc2ccccc2)N(C)C(=O)[C@@H]2CCCN2C(=O)C(C(C)C)N(C)C(=O)[C@H](Cc2ccccc2)OC(=O)[C@H](C)[C@@H](C)NC(=O)[C@@H]([C@@H](C)O)NC(=O)C(CC(C)C)N(C)C(=O)[C@@H]2CSC1=N2. The summed E-state index contributed by atoms with van der Waals surface area (Å²) in [5.74, 6) is -5.53. The van der Waals surface area contributed by atoms with Crippen LogP contribution < -0.4 is 16.0 Å². The minimum Gasteiger partial charge on any atom is -0.452 e. The molecule has 2 aromatic carbocycles. The highest BCUT2D eigenvalue weighted by atomic mass is 32.2. The van der Waals surface area contributed by atoms with E-state index in [1.54, 1.807) is 55.0 Å². The number of aliphatic hydroxyl groups is 1. The summed E-state index contributed by atoms with van der Waals surface area (Å²) in [5, 5.41) is 20.6. The third kappa shape index (κ3) is 14.5. The lowest BCUT2D eigenvalue weighted by Crippen LogP contribution is -2.59. The van der Waals surface area contributed by atoms with Gasteiger partial charge in [0, 0.05) is 51.7 Å². The Morgan fingerprint density at radius 1 is 0.744 bits per heavy atom. The van der Waals surface area contributed by atoms with E-state index in [0.717, 1.165) is 5.56 Å². The van der Waals surface area contributed by atoms with Crippen LogP contribution in [-0.4, -0.2) is 187 Å². The number of carbonyl (C=O) groups excluding carboxylic acids is 8. The minimum atomic E-state index is -1.50. The molecular weight excluding hydrogens is 1030 g/mol. The molecule has 0 spiro atoms. The van der Waals surface area contributed by atoms with Gasteiger partial charge in [-0.25, -0.2) is 0 Å². The Hall–Kier alpha value is -5.80. The summed E-state index contributed by atoms with van der Waals surface area (Å²) in [4.78, 5) is 132. The number of nitrogens with one attached hydrogen (secondary N) is 3. The average molecular weight is 1120 g/mol. The predicted octanol–water partition coefficient (Wildman–Crippen LogP) is 3.89. The molecule has 4 aliphatic rings. The molecule has 0 radical (unpaired) electrons. The van der Waals surface area contributed by atoms with Crippen molar-refractivity contribution in [1.29, 1.82) is 0 Å². The van der Waals surface area contributed by atoms with Crippen LogP contribution in [-0.2, 0) is 55.9 Å². The molecule has 19 nitrogen and oxygen atoms in total. The number of carbonyl (C=O) groups is 8. The van der Waals surface area contributed by atoms with Crippen molar-refractivity contribution >= 4 is 80.9 Å². The summed E-state index contributed by atoms with van der Waals surface area (Å²) in [6.45, 7) is 15.8. The van der Waals surface area contributed by atoms with Gasteiger partial charge in [-0.15, -0.1) is 23.5 Å². The number of aliphatic hydroxyl groups excluding tert-OH is 1. The average Bonchev–Trinajstić information content (AvgIpc) is 4.24. The van der Waals surface area contributed by atoms with E-state index in [2.05, 4.69) is 16.0 Å². The summed E-state index contributed by atoms with van der Waals surface area (Å²) in [6, 6.07) is 11.1. The van der Waals surface area contributed by atoms with Gasteiger partial charge in [-0.1, -0.05) is 95.3 Å². The molecule has 4 aliphatic heterocycles. The van der Waals surface area contributed by atoms with E-state index in [0.29, 0.717) is 41.3 Å². The Morgan fingerprint density at radius 3 is 1.95 bits per heavy atom. The van der Waals surface area contributed by atoms with E-state index in [1.807, 2.05) is 71.0 Å². The van der Waals surface area contributed by atoms with Gasteiger partial charge in [0.1, 0.15) is 35.7 Å². The summed E-state index contributed by atoms with van der Waals surface area (Å²) in [5.41, 5.74) is 0.370. The number of ether oxygens (including phenoxy) is 1. The van der Waals surface area contributed by atoms with Crippen molar-refractivity contribution in [3.05, 3.63) is 71.8 Å². The van der Waals surface area contributed by atoms with Crippen LogP contribution in [0.15, 0.2) is 70.6 Å². The molecule has 12 atom stereocenters. The van der Waals surface area contributed by atoms with E-state index in [4.69, 9.17) is 14.7 Å². The summed E-state index contributed by atoms with van der Waals surface area (Å²) < 4.78 is 6.06. The lowest BCUT2D eigenvalue weighted by atomic mass is 9.98. The van der Waals surface area contributed by atoms with E-state index >= 15 is 9.59 Å². The van der Waals surface area contributed by atoms with Crippen LogP contribution in [0.2, 0.25) is 0 Å². The minimum absolute atomic E-state index is 0.0415. The molecule has 4 bridgehead atoms. The largest absolute Gasteiger partial charge is 0.452 e. The lowest BCUT2D eigenvalue weighted by Gasteiger charge is -2.38. The molecule has 78 heavy (non-hydrogen) atoms. The summed E-state index contributed by atoms with van der Waals surface area (Å²) in [6.07, 6.45) is -0.911. The number of nitrogens with zero attached hydrogens (tertiary/aromatic N) is 6. The standard InChI is InChI=1S/C57H81N9O10S2/c1-13-39-49-59-40(30-77-49)51(70)63(10)42(27-32(2)3)47(68)61-45(36(8)67)48(69)58-35(7)34(6)55(74)76-44(29-38-23-18-15-19-24-38)53(72)65(12)46(33(4)5)54(73)66-26-20-25-41(66)52(71)64(11)43(28-37-21-16-14-17-22-37)50-62-57(9,31-78-50)56(75)60-39/h14-19,21-24,32-36,39-46,67H,13,20,25-31H2,1-12H3,(H,58,69)(H,60,75)(H,61,68)/t34-,35-,36-,39-,40+,41+,42?,43?,44+,45-,46?,57-/m1/s1. The number of hydrogen-bond donors (Lipinski definition) is 4. The number of cyclic esters (lactones) is 1. The van der Waals surface area contributed by atoms with Crippen LogP contribution in [0.25, 0.3) is 0 Å². The maximum absolute atomic E-state index is 15.0. The van der Waals surface area contributed by atoms with Crippen LogP contribution >= 0.6 is 23.5 Å². The number of likely N-dealkylation sites (N-methyl/N-ethyl adjacent to an activating group) is 3. The van der Waals surface area contributed by atoms with E-state index < -0.39 is 113 Å². The van der Waals surface area contributed by atoms with Gasteiger partial charge in [-0.2, -0.15) is 0 Å². The molecule has 0 aromatic heterocycles. The Bertz CT molecular complexity index is 2570. The van der Waals surface area contributed by atoms with Gasteiger partial charge < -0.3 is 45.4 Å². The number of aliphatic imine (C=N–C) groups is 2. The first-order chi connectivity index (χ1) is 36.9. The van der Waals surface area contributed by atoms with Gasteiger partial charge >= 0.3 is 5.97 Å².